The van der Waals surface area contributed by atoms with Crippen LogP contribution in [0.1, 0.15) is 52.9 Å². The molecule has 1 aliphatic heterocycles. The number of hydrogen-bond acceptors (Lipinski definition) is 3. The highest BCUT2D eigenvalue weighted by Crippen LogP contribution is 2.38. The zero-order chi connectivity index (χ0) is 15.6. The molecule has 0 radical (unpaired) electrons. The Hall–Kier alpha value is -1.59. The van der Waals surface area contributed by atoms with Crippen molar-refractivity contribution in [2.24, 2.45) is 5.92 Å². The number of rotatable bonds is 4. The van der Waals surface area contributed by atoms with Gasteiger partial charge in [0, 0.05) is 6.04 Å². The van der Waals surface area contributed by atoms with Gasteiger partial charge in [0.1, 0.15) is 12.1 Å². The fourth-order valence-electron chi connectivity index (χ4n) is 3.21. The second-order valence-electron chi connectivity index (χ2n) is 6.32. The number of carbonyl (C=O) groups excluding carboxylic acids is 3. The predicted octanol–water partition coefficient (Wildman–Crippen LogP) is 1.40. The highest BCUT2D eigenvalue weighted by Gasteiger charge is 2.55. The maximum absolute atomic E-state index is 12.7. The SMILES string of the molecule is CC[C@H](C)NC(=O)CN1C(=O)N[C@@]2(CCCC[C@H]2C)C1=O. The Morgan fingerprint density at radius 3 is 2.81 bits per heavy atom. The van der Waals surface area contributed by atoms with Crippen molar-refractivity contribution in [1.82, 2.24) is 15.5 Å². The van der Waals surface area contributed by atoms with Gasteiger partial charge in [-0.3, -0.25) is 14.5 Å². The molecular weight excluding hydrogens is 270 g/mol. The molecule has 2 rings (SSSR count). The largest absolute Gasteiger partial charge is 0.352 e. The molecule has 1 spiro atoms. The summed E-state index contributed by atoms with van der Waals surface area (Å²) < 4.78 is 0. The van der Waals surface area contributed by atoms with E-state index in [1.54, 1.807) is 0 Å². The van der Waals surface area contributed by atoms with Crippen LogP contribution in [0.15, 0.2) is 0 Å². The molecule has 1 saturated carbocycles. The van der Waals surface area contributed by atoms with Gasteiger partial charge in [-0.25, -0.2) is 4.79 Å². The number of imide groups is 1. The van der Waals surface area contributed by atoms with Gasteiger partial charge in [-0.05, 0) is 32.1 Å². The molecule has 0 aromatic rings. The third-order valence-electron chi connectivity index (χ3n) is 4.82. The van der Waals surface area contributed by atoms with Crippen molar-refractivity contribution in [2.75, 3.05) is 6.54 Å². The minimum atomic E-state index is -0.786. The average Bonchev–Trinajstić information content (AvgIpc) is 2.67. The molecule has 1 aliphatic carbocycles. The molecule has 1 heterocycles. The lowest BCUT2D eigenvalue weighted by Crippen LogP contribution is -2.54. The molecule has 0 aromatic heterocycles. The van der Waals surface area contributed by atoms with Gasteiger partial charge < -0.3 is 10.6 Å². The highest BCUT2D eigenvalue weighted by molar-refractivity contribution is 6.09. The Kier molecular flexibility index (Phi) is 4.54. The van der Waals surface area contributed by atoms with E-state index in [2.05, 4.69) is 10.6 Å². The number of urea groups is 1. The van der Waals surface area contributed by atoms with Gasteiger partial charge >= 0.3 is 6.03 Å². The Balaban J connectivity index is 2.06. The van der Waals surface area contributed by atoms with E-state index in [9.17, 15) is 14.4 Å². The normalized spacial score (nSPS) is 30.4. The Bertz CT molecular complexity index is 451. The van der Waals surface area contributed by atoms with Crippen LogP contribution >= 0.6 is 0 Å². The van der Waals surface area contributed by atoms with Gasteiger partial charge in [-0.2, -0.15) is 0 Å². The molecule has 1 saturated heterocycles. The average molecular weight is 295 g/mol. The van der Waals surface area contributed by atoms with E-state index >= 15 is 0 Å². The first-order valence-electron chi connectivity index (χ1n) is 7.84. The molecule has 21 heavy (non-hydrogen) atoms. The monoisotopic (exact) mass is 295 g/mol. The Labute approximate surface area is 125 Å². The number of amides is 4. The molecule has 118 valence electrons. The zero-order valence-corrected chi connectivity index (χ0v) is 13.1. The lowest BCUT2D eigenvalue weighted by molar-refractivity contribution is -0.137. The van der Waals surface area contributed by atoms with Crippen molar-refractivity contribution in [3.05, 3.63) is 0 Å². The molecule has 4 amide bonds. The van der Waals surface area contributed by atoms with Crippen LogP contribution in [-0.4, -0.2) is 40.9 Å². The molecule has 2 aliphatic rings. The van der Waals surface area contributed by atoms with E-state index in [0.29, 0.717) is 6.42 Å². The van der Waals surface area contributed by atoms with Crippen molar-refractivity contribution in [3.8, 4) is 0 Å². The smallest absolute Gasteiger partial charge is 0.325 e. The molecule has 6 heteroatoms. The summed E-state index contributed by atoms with van der Waals surface area (Å²) in [6, 6.07) is -0.395. The number of nitrogens with zero attached hydrogens (tertiary/aromatic N) is 1. The van der Waals surface area contributed by atoms with Crippen molar-refractivity contribution in [2.45, 2.75) is 64.5 Å². The molecule has 6 nitrogen and oxygen atoms in total. The first-order valence-corrected chi connectivity index (χ1v) is 7.84. The summed E-state index contributed by atoms with van der Waals surface area (Å²) in [7, 11) is 0. The molecule has 0 unspecified atom stereocenters. The van der Waals surface area contributed by atoms with Crippen molar-refractivity contribution in [1.29, 1.82) is 0 Å². The zero-order valence-electron chi connectivity index (χ0n) is 13.1. The van der Waals surface area contributed by atoms with Gasteiger partial charge in [0.2, 0.25) is 5.91 Å². The summed E-state index contributed by atoms with van der Waals surface area (Å²) in [5.74, 6) is -0.405. The van der Waals surface area contributed by atoms with Gasteiger partial charge in [0.25, 0.3) is 5.91 Å². The van der Waals surface area contributed by atoms with E-state index in [0.717, 1.165) is 30.6 Å². The van der Waals surface area contributed by atoms with Crippen LogP contribution in [0.3, 0.4) is 0 Å². The van der Waals surface area contributed by atoms with Crippen molar-refractivity contribution < 1.29 is 14.4 Å². The lowest BCUT2D eigenvalue weighted by Gasteiger charge is -2.36. The topological polar surface area (TPSA) is 78.5 Å². The van der Waals surface area contributed by atoms with Crippen molar-refractivity contribution >= 4 is 17.8 Å². The number of hydrogen-bond donors (Lipinski definition) is 2. The van der Waals surface area contributed by atoms with E-state index in [-0.39, 0.29) is 30.3 Å². The quantitative estimate of drug-likeness (QED) is 0.770. The summed E-state index contributed by atoms with van der Waals surface area (Å²) in [5.41, 5.74) is -0.786. The van der Waals surface area contributed by atoms with E-state index in [1.165, 1.54) is 0 Å². The van der Waals surface area contributed by atoms with Crippen LogP contribution < -0.4 is 10.6 Å². The maximum Gasteiger partial charge on any atom is 0.325 e. The molecule has 2 N–H and O–H groups in total. The summed E-state index contributed by atoms with van der Waals surface area (Å²) in [5, 5.41) is 5.64. The summed E-state index contributed by atoms with van der Waals surface area (Å²) in [6.45, 7) is 5.68. The van der Waals surface area contributed by atoms with Crippen molar-refractivity contribution in [3.63, 3.8) is 0 Å². The molecule has 2 fully saturated rings. The third-order valence-corrected chi connectivity index (χ3v) is 4.82. The molecule has 0 aromatic carbocycles. The standard InChI is InChI=1S/C15H25N3O3/c1-4-11(3)16-12(19)9-18-13(20)15(17-14(18)21)8-6-5-7-10(15)2/h10-11H,4-9H2,1-3H3,(H,16,19)(H,17,21)/t10-,11+,15-/m1/s1. The van der Waals surface area contributed by atoms with Crippen LogP contribution in [0, 0.1) is 5.92 Å². The van der Waals surface area contributed by atoms with Crippen LogP contribution in [0.5, 0.6) is 0 Å². The molecule has 0 bridgehead atoms. The number of nitrogens with one attached hydrogen (secondary N) is 2. The predicted molar refractivity (Wildman–Crippen MR) is 78.5 cm³/mol. The Morgan fingerprint density at radius 2 is 2.19 bits per heavy atom. The minimum Gasteiger partial charge on any atom is -0.352 e. The second-order valence-corrected chi connectivity index (χ2v) is 6.32. The first kappa shape index (κ1) is 15.8. The maximum atomic E-state index is 12.7. The van der Waals surface area contributed by atoms with E-state index in [4.69, 9.17) is 0 Å². The fraction of sp³-hybridized carbons (Fsp3) is 0.800. The first-order chi connectivity index (χ1) is 9.90. The van der Waals surface area contributed by atoms with Crippen LogP contribution in [0.25, 0.3) is 0 Å². The van der Waals surface area contributed by atoms with Gasteiger partial charge in [0.05, 0.1) is 0 Å². The van der Waals surface area contributed by atoms with Crippen LogP contribution in [-0.2, 0) is 9.59 Å². The number of carbonyl (C=O) groups is 3. The highest BCUT2D eigenvalue weighted by atomic mass is 16.2. The molecular formula is C15H25N3O3. The Morgan fingerprint density at radius 1 is 1.48 bits per heavy atom. The van der Waals surface area contributed by atoms with Crippen LogP contribution in [0.4, 0.5) is 4.79 Å². The fourth-order valence-corrected chi connectivity index (χ4v) is 3.21. The van der Waals surface area contributed by atoms with E-state index < -0.39 is 11.6 Å². The van der Waals surface area contributed by atoms with Crippen LogP contribution in [0.2, 0.25) is 0 Å². The summed E-state index contributed by atoms with van der Waals surface area (Å²) in [4.78, 5) is 37.8. The lowest BCUT2D eigenvalue weighted by atomic mass is 9.73. The third kappa shape index (κ3) is 2.89. The van der Waals surface area contributed by atoms with Gasteiger partial charge in [-0.1, -0.05) is 26.7 Å². The van der Waals surface area contributed by atoms with Gasteiger partial charge in [-0.15, -0.1) is 0 Å². The van der Waals surface area contributed by atoms with E-state index in [1.807, 2.05) is 20.8 Å². The minimum absolute atomic E-state index is 0.0424. The second kappa shape index (κ2) is 6.03. The molecule has 3 atom stereocenters. The summed E-state index contributed by atoms with van der Waals surface area (Å²) >= 11 is 0. The summed E-state index contributed by atoms with van der Waals surface area (Å²) in [6.07, 6.45) is 4.43. The van der Waals surface area contributed by atoms with Gasteiger partial charge in [0.15, 0.2) is 0 Å².